The van der Waals surface area contributed by atoms with Crippen LogP contribution in [-0.4, -0.2) is 68.5 Å². The summed E-state index contributed by atoms with van der Waals surface area (Å²) < 4.78 is 23.3. The predicted octanol–water partition coefficient (Wildman–Crippen LogP) is 17.5. The molecule has 0 radical (unpaired) electrons. The standard InChI is InChI=1S/C60H117N2O6P/c1-6-8-10-12-14-16-18-20-22-24-26-28-29-30-31-32-34-36-38-40-42-44-46-48-50-52-54-60(64)61-58(57-68-69(65,66)67-56-55-62(3,4)5)59(63)53-51-49-47-45-43-41-39-37-35-33-27-25-23-21-19-17-15-13-11-9-7-2/h30-31,43,45,51,53,58-59,63H,6-29,32-42,44,46-50,52,54-57H2,1-5H3,(H-,61,64,65,66)/b31-30-,45-43+,53-51+. The zero-order valence-electron chi connectivity index (χ0n) is 46.5. The first-order valence-corrected chi connectivity index (χ1v) is 31.3. The van der Waals surface area contributed by atoms with Crippen LogP contribution >= 0.6 is 7.82 Å². The molecule has 2 N–H and O–H groups in total. The van der Waals surface area contributed by atoms with Crippen molar-refractivity contribution in [2.24, 2.45) is 0 Å². The molecule has 0 bridgehead atoms. The van der Waals surface area contributed by atoms with Gasteiger partial charge >= 0.3 is 0 Å². The molecule has 0 aromatic heterocycles. The van der Waals surface area contributed by atoms with Gasteiger partial charge < -0.3 is 28.8 Å². The van der Waals surface area contributed by atoms with Crippen molar-refractivity contribution in [2.75, 3.05) is 40.9 Å². The highest BCUT2D eigenvalue weighted by Gasteiger charge is 2.23. The first-order valence-electron chi connectivity index (χ1n) is 29.9. The average molecular weight is 994 g/mol. The van der Waals surface area contributed by atoms with Crippen LogP contribution in [0.5, 0.6) is 0 Å². The molecule has 0 fully saturated rings. The van der Waals surface area contributed by atoms with Crippen LogP contribution < -0.4 is 10.2 Å². The molecule has 0 aromatic carbocycles. The molecule has 8 nitrogen and oxygen atoms in total. The third-order valence-corrected chi connectivity index (χ3v) is 14.5. The smallest absolute Gasteiger partial charge is 0.268 e. The number of quaternary nitrogens is 1. The zero-order chi connectivity index (χ0) is 50.6. The van der Waals surface area contributed by atoms with Gasteiger partial charge in [-0.3, -0.25) is 9.36 Å². The van der Waals surface area contributed by atoms with Crippen molar-refractivity contribution < 1.29 is 32.9 Å². The maximum Gasteiger partial charge on any atom is 0.268 e. The van der Waals surface area contributed by atoms with Crippen LogP contribution in [0.1, 0.15) is 290 Å². The van der Waals surface area contributed by atoms with Crippen LogP contribution in [0.15, 0.2) is 36.5 Å². The summed E-state index contributed by atoms with van der Waals surface area (Å²) in [6, 6.07) is -0.904. The fraction of sp³-hybridized carbons (Fsp3) is 0.883. The summed E-state index contributed by atoms with van der Waals surface area (Å²) in [5.41, 5.74) is 0. The van der Waals surface area contributed by atoms with E-state index in [2.05, 4.69) is 43.5 Å². The van der Waals surface area contributed by atoms with Crippen LogP contribution in [0.4, 0.5) is 0 Å². The summed E-state index contributed by atoms with van der Waals surface area (Å²) in [5, 5.41) is 13.9. The third kappa shape index (κ3) is 54.3. The molecule has 0 aliphatic rings. The molecule has 0 aliphatic carbocycles. The van der Waals surface area contributed by atoms with Gasteiger partial charge in [-0.2, -0.15) is 0 Å². The van der Waals surface area contributed by atoms with E-state index in [9.17, 15) is 19.4 Å². The van der Waals surface area contributed by atoms with Crippen molar-refractivity contribution in [3.05, 3.63) is 36.5 Å². The Morgan fingerprint density at radius 2 is 0.812 bits per heavy atom. The Labute approximate surface area is 429 Å². The molecule has 0 aliphatic heterocycles. The van der Waals surface area contributed by atoms with Gasteiger partial charge in [0.25, 0.3) is 7.82 Å². The topological polar surface area (TPSA) is 108 Å². The number of aliphatic hydroxyl groups is 1. The highest BCUT2D eigenvalue weighted by molar-refractivity contribution is 7.45. The monoisotopic (exact) mass is 993 g/mol. The van der Waals surface area contributed by atoms with Crippen molar-refractivity contribution in [2.45, 2.75) is 302 Å². The number of aliphatic hydroxyl groups excluding tert-OH is 1. The predicted molar refractivity (Wildman–Crippen MR) is 298 cm³/mol. The molecular weight excluding hydrogens is 876 g/mol. The Morgan fingerprint density at radius 1 is 0.493 bits per heavy atom. The van der Waals surface area contributed by atoms with E-state index in [-0.39, 0.29) is 12.5 Å². The van der Waals surface area contributed by atoms with Crippen molar-refractivity contribution >= 4 is 13.7 Å². The van der Waals surface area contributed by atoms with Crippen molar-refractivity contribution in [3.8, 4) is 0 Å². The van der Waals surface area contributed by atoms with E-state index >= 15 is 0 Å². The number of carbonyl (C=O) groups is 1. The minimum atomic E-state index is -4.61. The molecule has 0 rings (SSSR count). The molecule has 0 spiro atoms. The summed E-state index contributed by atoms with van der Waals surface area (Å²) in [6.45, 7) is 4.67. The largest absolute Gasteiger partial charge is 0.756 e. The van der Waals surface area contributed by atoms with Crippen LogP contribution in [0, 0.1) is 0 Å². The Bertz CT molecular complexity index is 1220. The fourth-order valence-corrected chi connectivity index (χ4v) is 9.60. The lowest BCUT2D eigenvalue weighted by Crippen LogP contribution is -2.45. The van der Waals surface area contributed by atoms with E-state index in [1.54, 1.807) is 6.08 Å². The molecule has 9 heteroatoms. The number of amides is 1. The average Bonchev–Trinajstić information content (AvgIpc) is 3.31. The number of carbonyl (C=O) groups excluding carboxylic acids is 1. The zero-order valence-corrected chi connectivity index (χ0v) is 47.4. The van der Waals surface area contributed by atoms with Gasteiger partial charge in [0.2, 0.25) is 5.91 Å². The summed E-state index contributed by atoms with van der Waals surface area (Å²) in [6.07, 6.45) is 66.6. The van der Waals surface area contributed by atoms with Gasteiger partial charge in [0.1, 0.15) is 13.2 Å². The van der Waals surface area contributed by atoms with Gasteiger partial charge in [-0.05, 0) is 57.8 Å². The Kier molecular flexibility index (Phi) is 50.7. The summed E-state index contributed by atoms with van der Waals surface area (Å²) in [5.74, 6) is -0.205. The van der Waals surface area contributed by atoms with Gasteiger partial charge in [-0.1, -0.05) is 262 Å². The fourth-order valence-electron chi connectivity index (χ4n) is 8.87. The van der Waals surface area contributed by atoms with Gasteiger partial charge in [0, 0.05) is 6.42 Å². The van der Waals surface area contributed by atoms with Crippen LogP contribution in [0.2, 0.25) is 0 Å². The molecule has 3 unspecified atom stereocenters. The number of unbranched alkanes of at least 4 members (excludes halogenated alkanes) is 38. The normalized spacial score (nSPS) is 14.1. The van der Waals surface area contributed by atoms with E-state index in [4.69, 9.17) is 9.05 Å². The molecule has 3 atom stereocenters. The molecule has 0 heterocycles. The quantitative estimate of drug-likeness (QED) is 0.0272. The Balaban J connectivity index is 4.21. The number of likely N-dealkylation sites (N-methyl/N-ethyl adjacent to an activating group) is 1. The van der Waals surface area contributed by atoms with Crippen molar-refractivity contribution in [1.29, 1.82) is 0 Å². The summed E-state index contributed by atoms with van der Waals surface area (Å²) in [4.78, 5) is 25.5. The molecule has 1 amide bonds. The molecule has 408 valence electrons. The van der Waals surface area contributed by atoms with Crippen molar-refractivity contribution in [1.82, 2.24) is 5.32 Å². The number of rotatable bonds is 55. The maximum absolute atomic E-state index is 13.0. The number of hydrogen-bond acceptors (Lipinski definition) is 6. The number of allylic oxidation sites excluding steroid dienone is 5. The third-order valence-electron chi connectivity index (χ3n) is 13.6. The van der Waals surface area contributed by atoms with Gasteiger partial charge in [-0.15, -0.1) is 0 Å². The number of nitrogens with zero attached hydrogens (tertiary/aromatic N) is 1. The lowest BCUT2D eigenvalue weighted by molar-refractivity contribution is -0.870. The van der Waals surface area contributed by atoms with E-state index in [0.717, 1.165) is 38.5 Å². The number of phosphoric ester groups is 1. The SMILES string of the molecule is CCCCCCCCCCCCCC/C=C\CCCCCCCCCCCCC(=O)NC(COP(=O)([O-])OCC[N+](C)(C)C)C(O)/C=C/CC/C=C/CCCCCCCCCCCCCCCCC. The second-order valence-corrected chi connectivity index (χ2v) is 23.1. The Hall–Kier alpha value is -1.28. The van der Waals surface area contributed by atoms with E-state index in [1.165, 1.54) is 231 Å². The molecule has 69 heavy (non-hydrogen) atoms. The Morgan fingerprint density at radius 3 is 1.17 bits per heavy atom. The summed E-state index contributed by atoms with van der Waals surface area (Å²) >= 11 is 0. The summed E-state index contributed by atoms with van der Waals surface area (Å²) in [7, 11) is 1.25. The van der Waals surface area contributed by atoms with E-state index in [0.29, 0.717) is 17.4 Å². The van der Waals surface area contributed by atoms with Crippen molar-refractivity contribution in [3.63, 3.8) is 0 Å². The lowest BCUT2D eigenvalue weighted by atomic mass is 10.0. The second kappa shape index (κ2) is 51.6. The first kappa shape index (κ1) is 67.7. The minimum Gasteiger partial charge on any atom is -0.756 e. The second-order valence-electron chi connectivity index (χ2n) is 21.7. The molecule has 0 aromatic rings. The maximum atomic E-state index is 13.0. The van der Waals surface area contributed by atoms with E-state index < -0.39 is 26.6 Å². The van der Waals surface area contributed by atoms with Gasteiger partial charge in [0.05, 0.1) is 39.9 Å². The van der Waals surface area contributed by atoms with Crippen LogP contribution in [0.25, 0.3) is 0 Å². The number of nitrogens with one attached hydrogen (secondary N) is 1. The van der Waals surface area contributed by atoms with Crippen LogP contribution in [0.3, 0.4) is 0 Å². The van der Waals surface area contributed by atoms with Crippen LogP contribution in [-0.2, 0) is 18.4 Å². The highest BCUT2D eigenvalue weighted by Crippen LogP contribution is 2.38. The lowest BCUT2D eigenvalue weighted by Gasteiger charge is -2.29. The molecular formula is C60H117N2O6P. The molecule has 0 saturated carbocycles. The highest BCUT2D eigenvalue weighted by atomic mass is 31.2. The minimum absolute atomic E-state index is 0.00581. The number of hydrogen-bond donors (Lipinski definition) is 2. The first-order chi connectivity index (χ1) is 33.5. The molecule has 0 saturated heterocycles. The number of phosphoric acid groups is 1. The van der Waals surface area contributed by atoms with Gasteiger partial charge in [0.15, 0.2) is 0 Å². The van der Waals surface area contributed by atoms with Gasteiger partial charge in [-0.25, -0.2) is 0 Å². The van der Waals surface area contributed by atoms with E-state index in [1.807, 2.05) is 27.2 Å².